The largest absolute Gasteiger partial charge is 0.494 e. The molecule has 0 saturated carbocycles. The number of hydrogen-bond donors (Lipinski definition) is 2. The predicted octanol–water partition coefficient (Wildman–Crippen LogP) is 2.21. The molecule has 0 radical (unpaired) electrons. The van der Waals surface area contributed by atoms with E-state index >= 15 is 0 Å². The van der Waals surface area contributed by atoms with Crippen molar-refractivity contribution in [3.63, 3.8) is 0 Å². The number of hydrogen-bond acceptors (Lipinski definition) is 3. The van der Waals surface area contributed by atoms with Gasteiger partial charge in [-0.2, -0.15) is 0 Å². The van der Waals surface area contributed by atoms with Gasteiger partial charge in [-0.3, -0.25) is 9.78 Å². The molecule has 0 bridgehead atoms. The molecule has 0 aliphatic rings. The van der Waals surface area contributed by atoms with Gasteiger partial charge in [-0.15, -0.1) is 0 Å². The van der Waals surface area contributed by atoms with Crippen molar-refractivity contribution in [2.45, 2.75) is 13.3 Å². The van der Waals surface area contributed by atoms with Gasteiger partial charge in [-0.1, -0.05) is 34.5 Å². The summed E-state index contributed by atoms with van der Waals surface area (Å²) in [6.45, 7) is 1.71. The number of nitrogens with zero attached hydrogens (tertiary/aromatic N) is 1. The van der Waals surface area contributed by atoms with Crippen LogP contribution in [-0.4, -0.2) is 14.7 Å². The maximum atomic E-state index is 11.9. The van der Waals surface area contributed by atoms with Crippen molar-refractivity contribution in [3.05, 3.63) is 54.1 Å². The lowest BCUT2D eigenvalue weighted by molar-refractivity contribution is 0.423. The van der Waals surface area contributed by atoms with Gasteiger partial charge in [0.1, 0.15) is 0 Å². The zero-order chi connectivity index (χ0) is 14.2. The molecule has 0 spiro atoms. The molecule has 5 nitrogen and oxygen atoms in total. The average Bonchev–Trinajstić information content (AvgIpc) is 2.33. The summed E-state index contributed by atoms with van der Waals surface area (Å²) in [5, 5.41) is 10.4. The highest BCUT2D eigenvalue weighted by Gasteiger charge is 2.16. The molecular weight excluding hydrogens is 336 g/mol. The number of benzene rings is 1. The molecule has 0 aliphatic carbocycles. The fourth-order valence-electron chi connectivity index (χ4n) is 1.76. The highest BCUT2D eigenvalue weighted by molar-refractivity contribution is 9.10. The third-order valence-electron chi connectivity index (χ3n) is 2.68. The third kappa shape index (κ3) is 2.46. The molecular formula is C12H10BrClN2O3. The van der Waals surface area contributed by atoms with Gasteiger partial charge < -0.3 is 5.11 Å². The Bertz CT molecular complexity index is 752. The Kier molecular flexibility index (Phi) is 3.82. The first kappa shape index (κ1) is 13.9. The number of aromatic nitrogens is 2. The molecule has 2 aromatic rings. The minimum Gasteiger partial charge on any atom is -0.494 e. The van der Waals surface area contributed by atoms with Crippen LogP contribution in [0.25, 0.3) is 5.69 Å². The Morgan fingerprint density at radius 1 is 1.42 bits per heavy atom. The summed E-state index contributed by atoms with van der Waals surface area (Å²) in [5.41, 5.74) is -0.896. The van der Waals surface area contributed by atoms with Crippen LogP contribution < -0.4 is 11.2 Å². The van der Waals surface area contributed by atoms with Crippen LogP contribution in [0.5, 0.6) is 5.88 Å². The number of aromatic amines is 1. The van der Waals surface area contributed by atoms with Crippen LogP contribution in [0.2, 0.25) is 5.02 Å². The lowest BCUT2D eigenvalue weighted by atomic mass is 10.2. The number of halogens is 2. The molecule has 19 heavy (non-hydrogen) atoms. The molecule has 2 rings (SSSR count). The second-order valence-corrected chi connectivity index (χ2v) is 5.17. The fourth-order valence-corrected chi connectivity index (χ4v) is 2.31. The molecule has 0 aliphatic heterocycles. The van der Waals surface area contributed by atoms with Crippen LogP contribution in [0.15, 0.2) is 32.3 Å². The highest BCUT2D eigenvalue weighted by atomic mass is 79.9. The SMILES string of the molecule is CCc1c(O)n(-c2cc(Br)ccc2Cl)c(=O)[nH]c1=O. The van der Waals surface area contributed by atoms with Crippen LogP contribution in [0, 0.1) is 0 Å². The number of H-pyrrole nitrogens is 1. The Morgan fingerprint density at radius 3 is 2.74 bits per heavy atom. The molecule has 1 heterocycles. The van der Waals surface area contributed by atoms with E-state index in [-0.39, 0.29) is 10.6 Å². The van der Waals surface area contributed by atoms with E-state index in [1.165, 1.54) is 0 Å². The molecule has 0 fully saturated rings. The van der Waals surface area contributed by atoms with E-state index in [2.05, 4.69) is 20.9 Å². The fraction of sp³-hybridized carbons (Fsp3) is 0.167. The van der Waals surface area contributed by atoms with Crippen LogP contribution in [0.3, 0.4) is 0 Å². The maximum Gasteiger partial charge on any atom is 0.335 e. The molecule has 1 aromatic carbocycles. The quantitative estimate of drug-likeness (QED) is 0.876. The zero-order valence-corrected chi connectivity index (χ0v) is 12.2. The summed E-state index contributed by atoms with van der Waals surface area (Å²) in [5.74, 6) is -0.392. The minimum atomic E-state index is -0.736. The molecule has 2 N–H and O–H groups in total. The van der Waals surface area contributed by atoms with Crippen LogP contribution in [-0.2, 0) is 6.42 Å². The first-order chi connectivity index (χ1) is 8.95. The lowest BCUT2D eigenvalue weighted by Crippen LogP contribution is -2.31. The highest BCUT2D eigenvalue weighted by Crippen LogP contribution is 2.26. The average molecular weight is 346 g/mol. The molecule has 0 saturated heterocycles. The Hall–Kier alpha value is -1.53. The summed E-state index contributed by atoms with van der Waals surface area (Å²) in [6.07, 6.45) is 0.299. The van der Waals surface area contributed by atoms with Crippen molar-refractivity contribution in [2.24, 2.45) is 0 Å². The first-order valence-corrected chi connectivity index (χ1v) is 6.65. The van der Waals surface area contributed by atoms with E-state index in [1.54, 1.807) is 25.1 Å². The summed E-state index contributed by atoms with van der Waals surface area (Å²) >= 11 is 9.29. The van der Waals surface area contributed by atoms with Crippen molar-refractivity contribution in [1.82, 2.24) is 9.55 Å². The van der Waals surface area contributed by atoms with E-state index in [1.807, 2.05) is 0 Å². The van der Waals surface area contributed by atoms with Crippen LogP contribution in [0.1, 0.15) is 12.5 Å². The summed E-state index contributed by atoms with van der Waals surface area (Å²) in [6, 6.07) is 4.88. The van der Waals surface area contributed by atoms with Crippen molar-refractivity contribution in [3.8, 4) is 11.6 Å². The van der Waals surface area contributed by atoms with Gasteiger partial charge in [0.15, 0.2) is 0 Å². The van der Waals surface area contributed by atoms with Crippen LogP contribution >= 0.6 is 27.5 Å². The smallest absolute Gasteiger partial charge is 0.335 e. The summed E-state index contributed by atoms with van der Waals surface area (Å²) in [7, 11) is 0. The molecule has 1 aromatic heterocycles. The van der Waals surface area contributed by atoms with Crippen LogP contribution in [0.4, 0.5) is 0 Å². The second kappa shape index (κ2) is 5.22. The molecule has 0 amide bonds. The first-order valence-electron chi connectivity index (χ1n) is 5.48. The van der Waals surface area contributed by atoms with Crippen molar-refractivity contribution in [2.75, 3.05) is 0 Å². The number of aromatic hydroxyl groups is 1. The predicted molar refractivity (Wildman–Crippen MR) is 76.4 cm³/mol. The molecule has 0 unspecified atom stereocenters. The lowest BCUT2D eigenvalue weighted by Gasteiger charge is -2.12. The monoisotopic (exact) mass is 344 g/mol. The second-order valence-electron chi connectivity index (χ2n) is 3.85. The minimum absolute atomic E-state index is 0.135. The Balaban J connectivity index is 2.86. The van der Waals surface area contributed by atoms with E-state index < -0.39 is 17.1 Å². The van der Waals surface area contributed by atoms with E-state index in [4.69, 9.17) is 11.6 Å². The van der Waals surface area contributed by atoms with E-state index in [0.29, 0.717) is 16.6 Å². The van der Waals surface area contributed by atoms with Gasteiger partial charge >= 0.3 is 5.69 Å². The Labute approximate surface area is 121 Å². The van der Waals surface area contributed by atoms with Gasteiger partial charge in [0.05, 0.1) is 16.3 Å². The summed E-state index contributed by atoms with van der Waals surface area (Å²) < 4.78 is 1.68. The normalized spacial score (nSPS) is 10.7. The summed E-state index contributed by atoms with van der Waals surface area (Å²) in [4.78, 5) is 25.6. The topological polar surface area (TPSA) is 75.1 Å². The molecule has 100 valence electrons. The maximum absolute atomic E-state index is 11.9. The van der Waals surface area contributed by atoms with Gasteiger partial charge in [0, 0.05) is 4.47 Å². The van der Waals surface area contributed by atoms with Crippen molar-refractivity contribution in [1.29, 1.82) is 0 Å². The van der Waals surface area contributed by atoms with Crippen molar-refractivity contribution >= 4 is 27.5 Å². The third-order valence-corrected chi connectivity index (χ3v) is 3.49. The molecule has 7 heteroatoms. The molecule has 0 atom stereocenters. The van der Waals surface area contributed by atoms with E-state index in [9.17, 15) is 14.7 Å². The van der Waals surface area contributed by atoms with Gasteiger partial charge in [-0.05, 0) is 24.6 Å². The standard InChI is InChI=1S/C12H10BrClN2O3/c1-2-7-10(17)15-12(19)16(11(7)18)9-5-6(13)3-4-8(9)14/h3-5,18H,2H2,1H3,(H,15,17,19). The van der Waals surface area contributed by atoms with Gasteiger partial charge in [0.25, 0.3) is 5.56 Å². The number of nitrogens with one attached hydrogen (secondary N) is 1. The van der Waals surface area contributed by atoms with Gasteiger partial charge in [-0.25, -0.2) is 9.36 Å². The Morgan fingerprint density at radius 2 is 2.11 bits per heavy atom. The van der Waals surface area contributed by atoms with Gasteiger partial charge in [0.2, 0.25) is 5.88 Å². The zero-order valence-electron chi connectivity index (χ0n) is 9.91. The number of rotatable bonds is 2. The van der Waals surface area contributed by atoms with E-state index in [0.717, 1.165) is 4.57 Å². The van der Waals surface area contributed by atoms with Crippen molar-refractivity contribution < 1.29 is 5.11 Å².